The second kappa shape index (κ2) is 10.7. The van der Waals surface area contributed by atoms with Gasteiger partial charge < -0.3 is 18.8 Å². The lowest BCUT2D eigenvalue weighted by Crippen LogP contribution is -2.47. The molecule has 0 bridgehead atoms. The van der Waals surface area contributed by atoms with Gasteiger partial charge in [-0.25, -0.2) is 4.79 Å². The summed E-state index contributed by atoms with van der Waals surface area (Å²) in [5.74, 6) is 0.131. The van der Waals surface area contributed by atoms with Gasteiger partial charge in [-0.1, -0.05) is 6.92 Å². The molecule has 0 radical (unpaired) electrons. The van der Waals surface area contributed by atoms with Gasteiger partial charge in [-0.15, -0.1) is 0 Å². The van der Waals surface area contributed by atoms with Crippen LogP contribution >= 0.6 is 0 Å². The number of nitrogens with zero attached hydrogens (tertiary/aromatic N) is 1. The summed E-state index contributed by atoms with van der Waals surface area (Å²) in [6.45, 7) is 2.24. The molecule has 0 N–H and O–H groups in total. The van der Waals surface area contributed by atoms with Gasteiger partial charge in [0.25, 0.3) is 0 Å². The first kappa shape index (κ1) is 25.5. The number of fused-ring (bicyclic) bond motifs is 3. The highest BCUT2D eigenvalue weighted by Gasteiger charge is 2.37. The number of amides is 1. The number of carbonyl (C=O) groups excluding carboxylic acids is 3. The van der Waals surface area contributed by atoms with Crippen molar-refractivity contribution in [1.29, 1.82) is 0 Å². The average Bonchev–Trinajstić information content (AvgIpc) is 3.29. The zero-order valence-electron chi connectivity index (χ0n) is 21.8. The summed E-state index contributed by atoms with van der Waals surface area (Å²) in [5, 5.41) is 1.54. The number of aldehydes is 1. The Labute approximate surface area is 217 Å². The van der Waals surface area contributed by atoms with E-state index in [1.54, 1.807) is 31.4 Å². The third kappa shape index (κ3) is 4.89. The second-order valence-corrected chi connectivity index (χ2v) is 10.7. The summed E-state index contributed by atoms with van der Waals surface area (Å²) < 4.78 is 16.8. The number of carbonyl (C=O) groups is 3. The van der Waals surface area contributed by atoms with Crippen molar-refractivity contribution in [1.82, 2.24) is 0 Å². The standard InChI is InChI=1S/C30H35NO6/c1-18-4-7-20(8-5-18)29(33)31(21-9-11-22(35-2)12-10-21)26-15-24-23-14-19(17-32)6-13-27(23)37-28(24)16-25(26)30(34)36-3/h6,13-18,20-22H,4-5,7-12H2,1-3H3. The topological polar surface area (TPSA) is 86.0 Å². The highest BCUT2D eigenvalue weighted by Crippen LogP contribution is 2.40. The van der Waals surface area contributed by atoms with Crippen LogP contribution in [0.5, 0.6) is 0 Å². The van der Waals surface area contributed by atoms with Gasteiger partial charge in [0.2, 0.25) is 5.91 Å². The number of benzene rings is 2. The van der Waals surface area contributed by atoms with E-state index in [-0.39, 0.29) is 24.0 Å². The molecule has 196 valence electrons. The lowest BCUT2D eigenvalue weighted by atomic mass is 9.81. The predicted molar refractivity (Wildman–Crippen MR) is 142 cm³/mol. The molecule has 2 aromatic carbocycles. The van der Waals surface area contributed by atoms with E-state index in [9.17, 15) is 14.4 Å². The van der Waals surface area contributed by atoms with Crippen LogP contribution in [0.1, 0.15) is 79.0 Å². The van der Waals surface area contributed by atoms with Gasteiger partial charge in [0.05, 0.1) is 24.5 Å². The number of ether oxygens (including phenoxy) is 2. The molecule has 5 rings (SSSR count). The van der Waals surface area contributed by atoms with Gasteiger partial charge in [-0.3, -0.25) is 9.59 Å². The fourth-order valence-electron chi connectivity index (χ4n) is 6.11. The van der Waals surface area contributed by atoms with Crippen LogP contribution in [0.4, 0.5) is 5.69 Å². The van der Waals surface area contributed by atoms with E-state index in [0.29, 0.717) is 33.9 Å². The largest absolute Gasteiger partial charge is 0.465 e. The molecular weight excluding hydrogens is 470 g/mol. The van der Waals surface area contributed by atoms with Crippen molar-refractivity contribution < 1.29 is 28.3 Å². The average molecular weight is 506 g/mol. The van der Waals surface area contributed by atoms with Crippen molar-refractivity contribution in [3.63, 3.8) is 0 Å². The number of hydrogen-bond acceptors (Lipinski definition) is 6. The van der Waals surface area contributed by atoms with Gasteiger partial charge >= 0.3 is 5.97 Å². The normalized spacial score (nSPS) is 24.2. The SMILES string of the molecule is COC(=O)c1cc2oc3ccc(C=O)cc3c2cc1N(C(=O)C1CCC(C)CC1)C1CCC(OC)CC1. The van der Waals surface area contributed by atoms with E-state index in [2.05, 4.69) is 6.92 Å². The van der Waals surface area contributed by atoms with Crippen LogP contribution in [0.25, 0.3) is 21.9 Å². The Morgan fingerprint density at radius 1 is 0.919 bits per heavy atom. The van der Waals surface area contributed by atoms with Crippen LogP contribution in [0, 0.1) is 11.8 Å². The lowest BCUT2D eigenvalue weighted by molar-refractivity contribution is -0.124. The molecule has 7 heteroatoms. The first-order valence-corrected chi connectivity index (χ1v) is 13.3. The molecule has 1 aromatic heterocycles. The maximum atomic E-state index is 14.2. The Morgan fingerprint density at radius 3 is 2.27 bits per heavy atom. The molecule has 2 saturated carbocycles. The van der Waals surface area contributed by atoms with E-state index in [1.807, 2.05) is 11.0 Å². The van der Waals surface area contributed by atoms with Gasteiger partial charge in [0.1, 0.15) is 17.5 Å². The summed E-state index contributed by atoms with van der Waals surface area (Å²) in [5.41, 5.74) is 2.55. The molecule has 0 unspecified atom stereocenters. The summed E-state index contributed by atoms with van der Waals surface area (Å²) >= 11 is 0. The molecule has 0 aliphatic heterocycles. The van der Waals surface area contributed by atoms with Crippen molar-refractivity contribution in [2.45, 2.75) is 70.4 Å². The van der Waals surface area contributed by atoms with Gasteiger partial charge in [-0.2, -0.15) is 0 Å². The third-order valence-electron chi connectivity index (χ3n) is 8.36. The molecule has 3 aromatic rings. The highest BCUT2D eigenvalue weighted by molar-refractivity contribution is 6.13. The minimum absolute atomic E-state index is 0.0391. The predicted octanol–water partition coefficient (Wildman–Crippen LogP) is 6.30. The van der Waals surface area contributed by atoms with E-state index in [1.165, 1.54) is 7.11 Å². The van der Waals surface area contributed by atoms with Crippen molar-refractivity contribution in [2.24, 2.45) is 11.8 Å². The van der Waals surface area contributed by atoms with Crippen molar-refractivity contribution in [2.75, 3.05) is 19.1 Å². The van der Waals surface area contributed by atoms with Crippen LogP contribution in [0.2, 0.25) is 0 Å². The molecule has 37 heavy (non-hydrogen) atoms. The fourth-order valence-corrected chi connectivity index (χ4v) is 6.11. The van der Waals surface area contributed by atoms with Gasteiger partial charge in [-0.05, 0) is 87.6 Å². The van der Waals surface area contributed by atoms with E-state index in [0.717, 1.165) is 68.4 Å². The van der Waals surface area contributed by atoms with Crippen LogP contribution in [-0.4, -0.2) is 44.5 Å². The van der Waals surface area contributed by atoms with Crippen LogP contribution < -0.4 is 4.90 Å². The molecular formula is C30H35NO6. The number of methoxy groups -OCH3 is 2. The Balaban J connectivity index is 1.66. The maximum absolute atomic E-state index is 14.2. The molecule has 1 amide bonds. The van der Waals surface area contributed by atoms with Crippen molar-refractivity contribution in [3.8, 4) is 0 Å². The summed E-state index contributed by atoms with van der Waals surface area (Å²) in [6.07, 6.45) is 8.09. The molecule has 1 heterocycles. The minimum atomic E-state index is -0.508. The first-order chi connectivity index (χ1) is 17.9. The van der Waals surface area contributed by atoms with Crippen LogP contribution in [0.3, 0.4) is 0 Å². The maximum Gasteiger partial charge on any atom is 0.340 e. The Hall–Kier alpha value is -3.19. The fraction of sp³-hybridized carbons (Fsp3) is 0.500. The smallest absolute Gasteiger partial charge is 0.340 e. The van der Waals surface area contributed by atoms with Crippen molar-refractivity contribution in [3.05, 3.63) is 41.5 Å². The van der Waals surface area contributed by atoms with Gasteiger partial charge in [0, 0.05) is 35.4 Å². The van der Waals surface area contributed by atoms with E-state index < -0.39 is 5.97 Å². The summed E-state index contributed by atoms with van der Waals surface area (Å²) in [4.78, 5) is 40.6. The first-order valence-electron chi connectivity index (χ1n) is 13.3. The second-order valence-electron chi connectivity index (χ2n) is 10.7. The Bertz CT molecular complexity index is 1310. The zero-order chi connectivity index (χ0) is 26.1. The van der Waals surface area contributed by atoms with Crippen molar-refractivity contribution >= 4 is 45.8 Å². The molecule has 2 aliphatic rings. The van der Waals surface area contributed by atoms with E-state index >= 15 is 0 Å². The third-order valence-corrected chi connectivity index (χ3v) is 8.36. The number of anilines is 1. The Morgan fingerprint density at radius 2 is 1.62 bits per heavy atom. The molecule has 0 saturated heterocycles. The lowest BCUT2D eigenvalue weighted by Gasteiger charge is -2.40. The molecule has 7 nitrogen and oxygen atoms in total. The number of esters is 1. The molecule has 2 aliphatic carbocycles. The number of furan rings is 1. The molecule has 0 spiro atoms. The van der Waals surface area contributed by atoms with Gasteiger partial charge in [0.15, 0.2) is 0 Å². The summed E-state index contributed by atoms with van der Waals surface area (Å²) in [7, 11) is 3.09. The number of hydrogen-bond donors (Lipinski definition) is 0. The monoisotopic (exact) mass is 505 g/mol. The number of rotatable bonds is 6. The minimum Gasteiger partial charge on any atom is -0.465 e. The van der Waals surface area contributed by atoms with Crippen LogP contribution in [0.15, 0.2) is 34.7 Å². The molecule has 2 fully saturated rings. The summed E-state index contributed by atoms with van der Waals surface area (Å²) in [6, 6.07) is 8.77. The quantitative estimate of drug-likeness (QED) is 0.289. The van der Waals surface area contributed by atoms with E-state index in [4.69, 9.17) is 13.9 Å². The Kier molecular flexibility index (Phi) is 7.33. The highest BCUT2D eigenvalue weighted by atomic mass is 16.5. The zero-order valence-corrected chi connectivity index (χ0v) is 21.8. The van der Waals surface area contributed by atoms with Crippen LogP contribution in [-0.2, 0) is 14.3 Å². The molecule has 0 atom stereocenters.